The van der Waals surface area contributed by atoms with E-state index in [1.54, 1.807) is 0 Å². The van der Waals surface area contributed by atoms with E-state index in [1.165, 1.54) is 18.3 Å². The molecule has 0 bridgehead atoms. The zero-order valence-electron chi connectivity index (χ0n) is 14.1. The van der Waals surface area contributed by atoms with E-state index in [2.05, 4.69) is 17.1 Å². The number of aromatic nitrogens is 1. The molecule has 1 amide bonds. The Morgan fingerprint density at radius 2 is 2.36 bits per heavy atom. The monoisotopic (exact) mass is 346 g/mol. The summed E-state index contributed by atoms with van der Waals surface area (Å²) in [4.78, 5) is 18.7. The Morgan fingerprint density at radius 3 is 3.16 bits per heavy atom. The molecule has 2 saturated heterocycles. The lowest BCUT2D eigenvalue weighted by molar-refractivity contribution is -0.135. The van der Waals surface area contributed by atoms with E-state index in [0.29, 0.717) is 25.5 Å². The van der Waals surface area contributed by atoms with Crippen LogP contribution in [-0.4, -0.2) is 47.2 Å². The molecule has 6 heteroatoms. The van der Waals surface area contributed by atoms with Crippen LogP contribution < -0.4 is 4.74 Å². The van der Waals surface area contributed by atoms with Crippen LogP contribution in [0.3, 0.4) is 0 Å². The van der Waals surface area contributed by atoms with Crippen LogP contribution in [0.25, 0.3) is 0 Å². The van der Waals surface area contributed by atoms with Crippen LogP contribution in [0, 0.1) is 11.7 Å². The van der Waals surface area contributed by atoms with Gasteiger partial charge in [-0.3, -0.25) is 4.79 Å². The maximum atomic E-state index is 13.9. The van der Waals surface area contributed by atoms with Crippen molar-refractivity contribution in [2.75, 3.05) is 13.2 Å². The summed E-state index contributed by atoms with van der Waals surface area (Å²) >= 11 is 0. The van der Waals surface area contributed by atoms with Crippen molar-refractivity contribution in [1.82, 2.24) is 9.88 Å². The lowest BCUT2D eigenvalue weighted by atomic mass is 10.0. The van der Waals surface area contributed by atoms with Crippen molar-refractivity contribution in [3.05, 3.63) is 36.3 Å². The molecule has 3 aliphatic rings. The largest absolute Gasteiger partial charge is 0.468 e. The predicted octanol–water partition coefficient (Wildman–Crippen LogP) is 2.71. The molecule has 1 aromatic rings. The molecule has 134 valence electrons. The second-order valence-electron chi connectivity index (χ2n) is 7.01. The van der Waals surface area contributed by atoms with Crippen molar-refractivity contribution in [1.29, 1.82) is 0 Å². The number of likely N-dealkylation sites (tertiary alicyclic amines) is 1. The third kappa shape index (κ3) is 3.40. The van der Waals surface area contributed by atoms with E-state index in [0.717, 1.165) is 25.7 Å². The summed E-state index contributed by atoms with van der Waals surface area (Å²) in [7, 11) is 0. The zero-order chi connectivity index (χ0) is 17.2. The Bertz CT molecular complexity index is 666. The second kappa shape index (κ2) is 7.12. The number of halogens is 1. The third-order valence-electron chi connectivity index (χ3n) is 5.33. The van der Waals surface area contributed by atoms with E-state index in [1.807, 2.05) is 4.90 Å². The van der Waals surface area contributed by atoms with E-state index >= 15 is 0 Å². The lowest BCUT2D eigenvalue weighted by Gasteiger charge is -2.32. The van der Waals surface area contributed by atoms with Crippen LogP contribution in [0.5, 0.6) is 5.88 Å². The van der Waals surface area contributed by atoms with Gasteiger partial charge in [0, 0.05) is 19.2 Å². The maximum Gasteiger partial charge on any atom is 0.250 e. The van der Waals surface area contributed by atoms with Crippen LogP contribution >= 0.6 is 0 Å². The summed E-state index contributed by atoms with van der Waals surface area (Å²) in [6, 6.07) is 2.87. The van der Waals surface area contributed by atoms with Gasteiger partial charge in [-0.05, 0) is 43.7 Å². The van der Waals surface area contributed by atoms with Crippen molar-refractivity contribution >= 4 is 5.91 Å². The molecule has 0 N–H and O–H groups in total. The Kier molecular flexibility index (Phi) is 4.70. The Balaban J connectivity index is 1.48. The molecular weight excluding hydrogens is 323 g/mol. The average Bonchev–Trinajstić information content (AvgIpc) is 3.25. The van der Waals surface area contributed by atoms with Gasteiger partial charge in [-0.15, -0.1) is 0 Å². The molecule has 0 spiro atoms. The highest BCUT2D eigenvalue weighted by atomic mass is 19.1. The number of fused-ring (bicyclic) bond motifs is 1. The van der Waals surface area contributed by atoms with Crippen LogP contribution in [-0.2, 0) is 9.53 Å². The molecule has 1 aromatic heterocycles. The van der Waals surface area contributed by atoms with Crippen molar-refractivity contribution < 1.29 is 18.7 Å². The Hall–Kier alpha value is -1.95. The quantitative estimate of drug-likeness (QED) is 0.787. The molecule has 0 unspecified atom stereocenters. The highest BCUT2D eigenvalue weighted by Gasteiger charge is 2.47. The van der Waals surface area contributed by atoms with Crippen LogP contribution in [0.15, 0.2) is 30.5 Å². The lowest BCUT2D eigenvalue weighted by Crippen LogP contribution is -2.44. The number of hydrogen-bond acceptors (Lipinski definition) is 4. The number of pyridine rings is 1. The molecule has 4 atom stereocenters. The number of carbonyl (C=O) groups is 1. The molecule has 3 heterocycles. The molecule has 25 heavy (non-hydrogen) atoms. The average molecular weight is 346 g/mol. The third-order valence-corrected chi connectivity index (χ3v) is 5.33. The van der Waals surface area contributed by atoms with Crippen LogP contribution in [0.1, 0.15) is 32.1 Å². The fourth-order valence-electron chi connectivity index (χ4n) is 4.11. The standard InChI is InChI=1S/C19H23FN2O3/c20-14-7-3-9-21-19(14)25-16-12-22(15-8-4-10-24-18(15)16)17(23)11-13-5-1-2-6-13/h1,3,5,7,9,13,15-16,18H,2,4,6,8,10-12H2/t13-,15-,16-,18+/m1/s1. The smallest absolute Gasteiger partial charge is 0.250 e. The van der Waals surface area contributed by atoms with Crippen LogP contribution in [0.2, 0.25) is 0 Å². The first kappa shape index (κ1) is 16.5. The SMILES string of the molecule is O=C(C[C@@H]1C=CCC1)N1C[C@@H](Oc2ncccc2F)[C@H]2OCCC[C@H]21. The van der Waals surface area contributed by atoms with Gasteiger partial charge in [-0.2, -0.15) is 0 Å². The minimum atomic E-state index is -0.490. The minimum Gasteiger partial charge on any atom is -0.468 e. The highest BCUT2D eigenvalue weighted by Crippen LogP contribution is 2.33. The zero-order valence-corrected chi connectivity index (χ0v) is 14.1. The van der Waals surface area contributed by atoms with Gasteiger partial charge in [0.2, 0.25) is 5.91 Å². The summed E-state index contributed by atoms with van der Waals surface area (Å²) in [5.41, 5.74) is 0. The van der Waals surface area contributed by atoms with E-state index in [-0.39, 0.29) is 30.0 Å². The summed E-state index contributed by atoms with van der Waals surface area (Å²) in [6.07, 6.45) is 9.66. The number of hydrogen-bond donors (Lipinski definition) is 0. The number of amides is 1. The topological polar surface area (TPSA) is 51.7 Å². The van der Waals surface area contributed by atoms with Gasteiger partial charge in [0.1, 0.15) is 12.2 Å². The molecule has 5 nitrogen and oxygen atoms in total. The maximum absolute atomic E-state index is 13.9. The van der Waals surface area contributed by atoms with Crippen molar-refractivity contribution in [2.45, 2.75) is 50.4 Å². The summed E-state index contributed by atoms with van der Waals surface area (Å²) < 4.78 is 25.6. The van der Waals surface area contributed by atoms with E-state index < -0.39 is 5.82 Å². The second-order valence-corrected chi connectivity index (χ2v) is 7.01. The minimum absolute atomic E-state index is 0.0170. The molecule has 0 saturated carbocycles. The Morgan fingerprint density at radius 1 is 1.44 bits per heavy atom. The van der Waals surface area contributed by atoms with E-state index in [4.69, 9.17) is 9.47 Å². The van der Waals surface area contributed by atoms with Gasteiger partial charge in [-0.1, -0.05) is 12.2 Å². The van der Waals surface area contributed by atoms with Crippen molar-refractivity contribution in [2.24, 2.45) is 5.92 Å². The number of ether oxygens (including phenoxy) is 2. The summed E-state index contributed by atoms with van der Waals surface area (Å²) in [5, 5.41) is 0. The molecule has 2 fully saturated rings. The molecule has 2 aliphatic heterocycles. The van der Waals surface area contributed by atoms with Gasteiger partial charge in [-0.25, -0.2) is 9.37 Å². The predicted molar refractivity (Wildman–Crippen MR) is 89.6 cm³/mol. The first-order valence-corrected chi connectivity index (χ1v) is 9.07. The summed E-state index contributed by atoms with van der Waals surface area (Å²) in [5.74, 6) is -0.0301. The molecule has 1 aliphatic carbocycles. The van der Waals surface area contributed by atoms with Gasteiger partial charge in [0.15, 0.2) is 5.82 Å². The first-order chi connectivity index (χ1) is 12.2. The molecule has 4 rings (SSSR count). The van der Waals surface area contributed by atoms with Crippen molar-refractivity contribution in [3.63, 3.8) is 0 Å². The van der Waals surface area contributed by atoms with Crippen LogP contribution in [0.4, 0.5) is 4.39 Å². The van der Waals surface area contributed by atoms with Crippen molar-refractivity contribution in [3.8, 4) is 5.88 Å². The fraction of sp³-hybridized carbons (Fsp3) is 0.579. The molecular formula is C19H23FN2O3. The van der Waals surface area contributed by atoms with Gasteiger partial charge in [0.25, 0.3) is 5.88 Å². The normalized spacial score (nSPS) is 31.2. The fourth-order valence-corrected chi connectivity index (χ4v) is 4.11. The summed E-state index contributed by atoms with van der Waals surface area (Å²) in [6.45, 7) is 1.08. The number of carbonyl (C=O) groups excluding carboxylic acids is 1. The Labute approximate surface area is 146 Å². The van der Waals surface area contributed by atoms with Gasteiger partial charge < -0.3 is 14.4 Å². The molecule has 0 radical (unpaired) electrons. The number of allylic oxidation sites excluding steroid dienone is 2. The molecule has 0 aromatic carbocycles. The van der Waals surface area contributed by atoms with E-state index in [9.17, 15) is 9.18 Å². The highest BCUT2D eigenvalue weighted by molar-refractivity contribution is 5.77. The van der Waals surface area contributed by atoms with Gasteiger partial charge >= 0.3 is 0 Å². The first-order valence-electron chi connectivity index (χ1n) is 9.07. The number of rotatable bonds is 4. The van der Waals surface area contributed by atoms with Gasteiger partial charge in [0.05, 0.1) is 12.6 Å². The number of nitrogens with zero attached hydrogens (tertiary/aromatic N) is 2.